The molecule has 0 fully saturated rings. The molecule has 0 aromatic carbocycles. The number of amides is 1. The molecule has 1 aliphatic rings. The highest BCUT2D eigenvalue weighted by Crippen LogP contribution is 2.32. The number of hydrogen-bond donors (Lipinski definition) is 2. The summed E-state index contributed by atoms with van der Waals surface area (Å²) in [4.78, 5) is 11.2. The van der Waals surface area contributed by atoms with Crippen LogP contribution < -0.4 is 11.1 Å². The average Bonchev–Trinajstić information content (AvgIpc) is 2.93. The zero-order valence-electron chi connectivity index (χ0n) is 8.43. The number of hydrogen-bond acceptors (Lipinski definition) is 4. The maximum atomic E-state index is 11.2. The van der Waals surface area contributed by atoms with Crippen molar-refractivity contribution < 1.29 is 9.21 Å². The minimum Gasteiger partial charge on any atom is -0.463 e. The number of carbonyl (C=O) groups excluding carboxylic acids is 1. The number of nitrogens with one attached hydrogen (secondary N) is 1. The van der Waals surface area contributed by atoms with Crippen LogP contribution in [0.1, 0.15) is 5.56 Å². The minimum absolute atomic E-state index is 0.594. The van der Waals surface area contributed by atoms with Crippen LogP contribution in [0, 0.1) is 0 Å². The second kappa shape index (κ2) is 3.13. The minimum atomic E-state index is -0.594. The molecule has 1 amide bonds. The summed E-state index contributed by atoms with van der Waals surface area (Å²) in [5.74, 6) is 1.33. The predicted octanol–water partition coefficient (Wildman–Crippen LogP) is 1.04. The van der Waals surface area contributed by atoms with Crippen LogP contribution in [0.3, 0.4) is 0 Å². The molecule has 0 bridgehead atoms. The number of nitrogens with two attached hydrogens (primary N) is 1. The van der Waals surface area contributed by atoms with E-state index in [1.165, 1.54) is 4.68 Å². The van der Waals surface area contributed by atoms with Gasteiger partial charge in [0, 0.05) is 12.1 Å². The molecule has 2 aromatic rings. The van der Waals surface area contributed by atoms with E-state index in [-0.39, 0.29) is 0 Å². The van der Waals surface area contributed by atoms with E-state index < -0.39 is 6.03 Å². The van der Waals surface area contributed by atoms with Crippen molar-refractivity contribution in [1.82, 2.24) is 9.78 Å². The van der Waals surface area contributed by atoms with E-state index in [0.29, 0.717) is 17.3 Å². The van der Waals surface area contributed by atoms with E-state index in [0.717, 1.165) is 18.5 Å². The molecule has 82 valence electrons. The van der Waals surface area contributed by atoms with Crippen LogP contribution >= 0.6 is 0 Å². The van der Waals surface area contributed by atoms with Crippen molar-refractivity contribution in [2.45, 2.75) is 6.42 Å². The Bertz CT molecular complexity index is 541. The third kappa shape index (κ3) is 1.13. The second-order valence-corrected chi connectivity index (χ2v) is 3.58. The van der Waals surface area contributed by atoms with Crippen LogP contribution in [0.2, 0.25) is 0 Å². The van der Waals surface area contributed by atoms with Gasteiger partial charge < -0.3 is 15.5 Å². The molecule has 3 N–H and O–H groups in total. The summed E-state index contributed by atoms with van der Waals surface area (Å²) in [6.45, 7) is 0.786. The first-order valence-electron chi connectivity index (χ1n) is 4.97. The molecule has 0 atom stereocenters. The van der Waals surface area contributed by atoms with Crippen LogP contribution in [0.25, 0.3) is 11.5 Å². The highest BCUT2D eigenvalue weighted by atomic mass is 16.3. The van der Waals surface area contributed by atoms with Crippen LogP contribution in [0.4, 0.5) is 10.6 Å². The lowest BCUT2D eigenvalue weighted by Crippen LogP contribution is -2.22. The lowest BCUT2D eigenvalue weighted by molar-refractivity contribution is 0.248. The fraction of sp³-hybridized carbons (Fsp3) is 0.200. The SMILES string of the molecule is NC(=O)n1nc(-c2ccco2)c2c1NCC2. The van der Waals surface area contributed by atoms with Gasteiger partial charge in [-0.05, 0) is 18.6 Å². The van der Waals surface area contributed by atoms with Crippen LogP contribution in [0.15, 0.2) is 22.8 Å². The quantitative estimate of drug-likeness (QED) is 0.748. The number of rotatable bonds is 1. The van der Waals surface area contributed by atoms with E-state index in [1.54, 1.807) is 12.3 Å². The van der Waals surface area contributed by atoms with Gasteiger partial charge >= 0.3 is 6.03 Å². The first-order chi connectivity index (χ1) is 7.77. The molecule has 0 aliphatic carbocycles. The van der Waals surface area contributed by atoms with Crippen LogP contribution in [0.5, 0.6) is 0 Å². The fourth-order valence-electron chi connectivity index (χ4n) is 1.95. The summed E-state index contributed by atoms with van der Waals surface area (Å²) < 4.78 is 6.46. The monoisotopic (exact) mass is 218 g/mol. The Hall–Kier alpha value is -2.24. The molecule has 3 heterocycles. The standard InChI is InChI=1S/C10H10N4O2/c11-10(15)14-9-6(3-4-12-9)8(13-14)7-2-1-5-16-7/h1-2,5,12H,3-4H2,(H2,11,15). The molecular weight excluding hydrogens is 208 g/mol. The largest absolute Gasteiger partial charge is 0.463 e. The van der Waals surface area contributed by atoms with E-state index in [4.69, 9.17) is 10.2 Å². The smallest absolute Gasteiger partial charge is 0.341 e. The summed E-state index contributed by atoms with van der Waals surface area (Å²) >= 11 is 0. The Kier molecular flexibility index (Phi) is 1.76. The van der Waals surface area contributed by atoms with Gasteiger partial charge in [-0.2, -0.15) is 9.78 Å². The Morgan fingerprint density at radius 2 is 2.50 bits per heavy atom. The van der Waals surface area contributed by atoms with Crippen molar-refractivity contribution in [3.63, 3.8) is 0 Å². The molecule has 6 heteroatoms. The maximum Gasteiger partial charge on any atom is 0.341 e. The van der Waals surface area contributed by atoms with E-state index in [9.17, 15) is 4.79 Å². The number of aromatic nitrogens is 2. The third-order valence-corrected chi connectivity index (χ3v) is 2.61. The van der Waals surface area contributed by atoms with E-state index in [2.05, 4.69) is 10.4 Å². The molecule has 0 saturated heterocycles. The predicted molar refractivity (Wildman–Crippen MR) is 57.1 cm³/mol. The lowest BCUT2D eigenvalue weighted by Gasteiger charge is -1.99. The Balaban J connectivity index is 2.20. The molecule has 16 heavy (non-hydrogen) atoms. The van der Waals surface area contributed by atoms with Crippen molar-refractivity contribution in [2.75, 3.05) is 11.9 Å². The Labute approximate surface area is 91.0 Å². The summed E-state index contributed by atoms with van der Waals surface area (Å²) in [7, 11) is 0. The molecule has 6 nitrogen and oxygen atoms in total. The zero-order valence-corrected chi connectivity index (χ0v) is 8.43. The molecule has 2 aromatic heterocycles. The van der Waals surface area contributed by atoms with Gasteiger partial charge in [-0.15, -0.1) is 0 Å². The highest BCUT2D eigenvalue weighted by Gasteiger charge is 2.26. The van der Waals surface area contributed by atoms with Gasteiger partial charge in [0.25, 0.3) is 0 Å². The maximum absolute atomic E-state index is 11.2. The number of primary amides is 1. The van der Waals surface area contributed by atoms with Gasteiger partial charge in [0.1, 0.15) is 11.5 Å². The molecule has 0 radical (unpaired) electrons. The average molecular weight is 218 g/mol. The zero-order chi connectivity index (χ0) is 11.1. The lowest BCUT2D eigenvalue weighted by atomic mass is 10.2. The molecule has 3 rings (SSSR count). The molecule has 1 aliphatic heterocycles. The molecule has 0 spiro atoms. The summed E-state index contributed by atoms with van der Waals surface area (Å²) in [6, 6.07) is 3.00. The van der Waals surface area contributed by atoms with E-state index >= 15 is 0 Å². The molecular formula is C10H10N4O2. The van der Waals surface area contributed by atoms with E-state index in [1.807, 2.05) is 6.07 Å². The number of nitrogens with zero attached hydrogens (tertiary/aromatic N) is 2. The topological polar surface area (TPSA) is 86.1 Å². The summed E-state index contributed by atoms with van der Waals surface area (Å²) in [6.07, 6.45) is 2.39. The Morgan fingerprint density at radius 3 is 3.19 bits per heavy atom. The first-order valence-corrected chi connectivity index (χ1v) is 4.97. The molecule has 0 saturated carbocycles. The van der Waals surface area contributed by atoms with Crippen LogP contribution in [-0.4, -0.2) is 22.4 Å². The fourth-order valence-corrected chi connectivity index (χ4v) is 1.95. The van der Waals surface area contributed by atoms with Crippen molar-refractivity contribution in [3.8, 4) is 11.5 Å². The van der Waals surface area contributed by atoms with Crippen LogP contribution in [-0.2, 0) is 6.42 Å². The number of carbonyl (C=O) groups is 1. The summed E-state index contributed by atoms with van der Waals surface area (Å²) in [5.41, 5.74) is 6.91. The number of fused-ring (bicyclic) bond motifs is 1. The van der Waals surface area contributed by atoms with Gasteiger partial charge in [-0.1, -0.05) is 0 Å². The van der Waals surface area contributed by atoms with Gasteiger partial charge in [0.15, 0.2) is 5.76 Å². The van der Waals surface area contributed by atoms with Crippen molar-refractivity contribution >= 4 is 11.8 Å². The first kappa shape index (κ1) is 9.02. The van der Waals surface area contributed by atoms with Crippen molar-refractivity contribution in [2.24, 2.45) is 5.73 Å². The van der Waals surface area contributed by atoms with Gasteiger partial charge in [0.2, 0.25) is 0 Å². The van der Waals surface area contributed by atoms with Crippen molar-refractivity contribution in [3.05, 3.63) is 24.0 Å². The van der Waals surface area contributed by atoms with Gasteiger partial charge in [0.05, 0.1) is 6.26 Å². The highest BCUT2D eigenvalue weighted by molar-refractivity contribution is 5.82. The van der Waals surface area contributed by atoms with Gasteiger partial charge in [-0.3, -0.25) is 0 Å². The number of anilines is 1. The number of furan rings is 1. The Morgan fingerprint density at radius 1 is 1.62 bits per heavy atom. The molecule has 0 unspecified atom stereocenters. The van der Waals surface area contributed by atoms with Crippen molar-refractivity contribution in [1.29, 1.82) is 0 Å². The normalized spacial score (nSPS) is 13.5. The van der Waals surface area contributed by atoms with Gasteiger partial charge in [-0.25, -0.2) is 4.79 Å². The third-order valence-electron chi connectivity index (χ3n) is 2.61. The summed E-state index contributed by atoms with van der Waals surface area (Å²) in [5, 5.41) is 7.25. The second-order valence-electron chi connectivity index (χ2n) is 3.58.